The first kappa shape index (κ1) is 82.4. The number of ether oxygens (including phenoxy) is 4. The van der Waals surface area contributed by atoms with E-state index < -0.39 is 32.4 Å². The largest absolute Gasteiger partial charge is 0.520 e. The standard InChI is InChI=1S/C16H18O4Si.C16H14O3.2C16H16O.C15H15NO2.C13H10O3/c1-5-16(17)19-14-8-6-13-11-15(9-7-12(13)10-14)20-21(3,4)18-2;1-3-16(18)19-15-7-6-13-9-12(8-11(2)17)4-5-14(13)10-15;1-3-14(17)11-12(2)15-10-6-8-13-7-4-5-9-16(13)15;1-2-15(17)11-6-10-14-9-5-8-13-7-3-4-12-16(13)14;1-4-15(17)18-14-10-9-13(16(2)3)11-7-5-6-8-12(11)14;1-2-13(15)16-12-6-4-9-7-11(14)5-3-10(9)8-12/h5-11H,1H2,2-4H3;3-7,9-10H,1,8H2,2H3;3-10,12H,1,11H2,2H3;2-5,7-9,12H,1,6,10-11H2;4-10H,1H2,2-3H3;2-8,14H,1H2. The lowest BCUT2D eigenvalue weighted by molar-refractivity contribution is -0.129. The van der Waals surface area contributed by atoms with E-state index in [1.165, 1.54) is 44.8 Å². The number of esters is 4. The normalized spacial score (nSPS) is 10.7. The number of anilines is 1. The van der Waals surface area contributed by atoms with Gasteiger partial charge in [0.25, 0.3) is 0 Å². The molecule has 0 aliphatic rings. The highest BCUT2D eigenvalue weighted by Gasteiger charge is 2.25. The molecule has 0 spiro atoms. The number of nitrogens with zero attached hydrogens (tertiary/aromatic N) is 1. The second-order valence-corrected chi connectivity index (χ2v) is 28.7. The zero-order valence-corrected chi connectivity index (χ0v) is 63.0. The molecule has 1 N–H and O–H groups in total. The topological polar surface area (TPSA) is 198 Å². The van der Waals surface area contributed by atoms with Gasteiger partial charge in [0, 0.05) is 81.2 Å². The zero-order chi connectivity index (χ0) is 78.3. The van der Waals surface area contributed by atoms with Crippen LogP contribution in [0.1, 0.15) is 55.7 Å². The number of fused-ring (bicyclic) bond motifs is 6. The lowest BCUT2D eigenvalue weighted by atomic mass is 9.91. The van der Waals surface area contributed by atoms with Gasteiger partial charge in [0.2, 0.25) is 0 Å². The first-order valence-electron chi connectivity index (χ1n) is 34.7. The Labute approximate surface area is 631 Å². The average Bonchev–Trinajstić information content (AvgIpc) is 0.807. The lowest BCUT2D eigenvalue weighted by Crippen LogP contribution is -2.36. The smallest absolute Gasteiger partial charge is 0.392 e. The van der Waals surface area contributed by atoms with Gasteiger partial charge in [-0.15, -0.1) is 0 Å². The van der Waals surface area contributed by atoms with Crippen molar-refractivity contribution in [1.29, 1.82) is 0 Å². The van der Waals surface area contributed by atoms with Crippen molar-refractivity contribution in [3.8, 4) is 34.5 Å². The summed E-state index contributed by atoms with van der Waals surface area (Å²) >= 11 is 0. The summed E-state index contributed by atoms with van der Waals surface area (Å²) in [7, 11) is 3.50. The number of aromatic hydroxyl groups is 1. The van der Waals surface area contributed by atoms with Crippen LogP contribution in [0.25, 0.3) is 64.6 Å². The molecule has 0 aromatic heterocycles. The Morgan fingerprint density at radius 3 is 1.40 bits per heavy atom. The molecule has 0 aliphatic carbocycles. The third-order valence-electron chi connectivity index (χ3n) is 16.7. The van der Waals surface area contributed by atoms with Crippen LogP contribution in [0.2, 0.25) is 13.1 Å². The van der Waals surface area contributed by atoms with Crippen LogP contribution in [0.3, 0.4) is 0 Å². The predicted molar refractivity (Wildman–Crippen MR) is 439 cm³/mol. The van der Waals surface area contributed by atoms with Gasteiger partial charge in [-0.2, -0.15) is 0 Å². The van der Waals surface area contributed by atoms with E-state index >= 15 is 0 Å². The third-order valence-corrected chi connectivity index (χ3v) is 18.4. The van der Waals surface area contributed by atoms with Crippen molar-refractivity contribution >= 4 is 120 Å². The van der Waals surface area contributed by atoms with Crippen LogP contribution in [0.15, 0.2) is 306 Å². The maximum Gasteiger partial charge on any atom is 0.392 e. The zero-order valence-electron chi connectivity index (χ0n) is 62.0. The van der Waals surface area contributed by atoms with Gasteiger partial charge >= 0.3 is 32.4 Å². The van der Waals surface area contributed by atoms with E-state index in [-0.39, 0.29) is 29.0 Å². The predicted octanol–water partition coefficient (Wildman–Crippen LogP) is 20.4. The Morgan fingerprint density at radius 1 is 0.444 bits per heavy atom. The van der Waals surface area contributed by atoms with Gasteiger partial charge in [-0.25, -0.2) is 19.2 Å². The molecule has 16 heteroatoms. The number of aryl methyl sites for hydroxylation is 1. The quantitative estimate of drug-likeness (QED) is 0.0274. The molecule has 12 aromatic carbocycles. The van der Waals surface area contributed by atoms with Gasteiger partial charge in [-0.1, -0.05) is 204 Å². The minimum atomic E-state index is -2.12. The van der Waals surface area contributed by atoms with Crippen molar-refractivity contribution in [3.05, 3.63) is 323 Å². The highest BCUT2D eigenvalue weighted by Crippen LogP contribution is 2.34. The molecule has 1 atom stereocenters. The number of phenols is 1. The summed E-state index contributed by atoms with van der Waals surface area (Å²) < 4.78 is 31.6. The summed E-state index contributed by atoms with van der Waals surface area (Å²) in [5.41, 5.74) is 4.62. The summed E-state index contributed by atoms with van der Waals surface area (Å²) in [6, 6.07) is 73.3. The van der Waals surface area contributed by atoms with Crippen LogP contribution in [0, 0.1) is 0 Å². The summed E-state index contributed by atoms with van der Waals surface area (Å²) in [6.45, 7) is 28.1. The first-order chi connectivity index (χ1) is 51.9. The first-order valence-corrected chi connectivity index (χ1v) is 37.5. The van der Waals surface area contributed by atoms with Crippen molar-refractivity contribution in [1.82, 2.24) is 0 Å². The van der Waals surface area contributed by atoms with Crippen molar-refractivity contribution < 1.29 is 66.5 Å². The fourth-order valence-corrected chi connectivity index (χ4v) is 12.0. The molecule has 12 aromatic rings. The number of allylic oxidation sites excluding steroid dienone is 2. The van der Waals surface area contributed by atoms with Gasteiger partial charge in [-0.3, -0.25) is 14.4 Å². The second kappa shape index (κ2) is 41.0. The van der Waals surface area contributed by atoms with Crippen LogP contribution in [-0.4, -0.2) is 76.1 Å². The molecule has 550 valence electrons. The summed E-state index contributed by atoms with van der Waals surface area (Å²) in [4.78, 5) is 80.3. The Kier molecular flexibility index (Phi) is 31.3. The second-order valence-electron chi connectivity index (χ2n) is 25.3. The number of Topliss-reactive ketones (excluding diaryl/α,β-unsaturated/α-hetero) is 1. The van der Waals surface area contributed by atoms with Gasteiger partial charge in [0.15, 0.2) is 11.6 Å². The van der Waals surface area contributed by atoms with Gasteiger partial charge in [-0.05, 0) is 194 Å². The van der Waals surface area contributed by atoms with Crippen LogP contribution in [0.5, 0.6) is 34.5 Å². The van der Waals surface area contributed by atoms with Crippen molar-refractivity contribution in [2.75, 3.05) is 26.1 Å². The average molecular weight is 1460 g/mol. The van der Waals surface area contributed by atoms with Gasteiger partial charge < -0.3 is 37.8 Å². The number of ketones is 3. The van der Waals surface area contributed by atoms with Crippen LogP contribution >= 0.6 is 0 Å². The third kappa shape index (κ3) is 25.2. The van der Waals surface area contributed by atoms with E-state index in [4.69, 9.17) is 27.8 Å². The van der Waals surface area contributed by atoms with E-state index in [9.17, 15) is 38.7 Å². The lowest BCUT2D eigenvalue weighted by Gasteiger charge is -2.21. The number of benzene rings is 12. The maximum absolute atomic E-state index is 11.4. The van der Waals surface area contributed by atoms with E-state index in [2.05, 4.69) is 107 Å². The highest BCUT2D eigenvalue weighted by atomic mass is 28.4. The summed E-state index contributed by atoms with van der Waals surface area (Å²) in [5.74, 6) is 1.69. The van der Waals surface area contributed by atoms with E-state index in [0.717, 1.165) is 97.2 Å². The molecule has 0 saturated carbocycles. The highest BCUT2D eigenvalue weighted by molar-refractivity contribution is 6.65. The molecule has 1 unspecified atom stereocenters. The van der Waals surface area contributed by atoms with Crippen LogP contribution in [-0.2, 0) is 50.8 Å². The minimum Gasteiger partial charge on any atom is -0.520 e. The van der Waals surface area contributed by atoms with Crippen molar-refractivity contribution in [2.45, 2.75) is 65.0 Å². The number of hydrogen-bond donors (Lipinski definition) is 1. The van der Waals surface area contributed by atoms with E-state index in [1.54, 1.807) is 80.8 Å². The van der Waals surface area contributed by atoms with Crippen LogP contribution < -0.4 is 28.3 Å². The fourth-order valence-electron chi connectivity index (χ4n) is 11.3. The molecule has 0 bridgehead atoms. The molecule has 0 heterocycles. The molecule has 15 nitrogen and oxygen atoms in total. The Balaban J connectivity index is 0.000000181. The molecule has 12 rings (SSSR count). The van der Waals surface area contributed by atoms with E-state index in [1.807, 2.05) is 135 Å². The van der Waals surface area contributed by atoms with Gasteiger partial charge in [0.05, 0.1) is 0 Å². The van der Waals surface area contributed by atoms with Gasteiger partial charge in [0.1, 0.15) is 40.3 Å². The number of carbonyl (C=O) groups excluding carboxylic acids is 7. The number of hydrogen-bond acceptors (Lipinski definition) is 15. The molecule has 0 amide bonds. The molecule has 0 fully saturated rings. The van der Waals surface area contributed by atoms with Crippen molar-refractivity contribution in [2.24, 2.45) is 0 Å². The Hall–Kier alpha value is -12.9. The SMILES string of the molecule is C=CC(=O)CC(C)c1cccc2ccccc12.C=CC(=O)CCCc1cccc2ccccc12.C=CC(=O)Oc1ccc(N(C)C)c2ccccc12.C=CC(=O)Oc1ccc2cc(CC(C)=O)ccc2c1.C=CC(=O)Oc1ccc2cc(O)ccc2c1.C=CC(=O)Oc1ccc2cc(O[Si](C)(C)OC)ccc2c1. The van der Waals surface area contributed by atoms with Crippen LogP contribution in [0.4, 0.5) is 5.69 Å². The van der Waals surface area contributed by atoms with Crippen molar-refractivity contribution in [3.63, 3.8) is 0 Å². The van der Waals surface area contributed by atoms with E-state index in [0.29, 0.717) is 42.3 Å². The summed E-state index contributed by atoms with van der Waals surface area (Å²) in [5, 5.41) is 22.0. The molecule has 108 heavy (non-hydrogen) atoms. The molecular formula is C92H89NO14Si. The number of rotatable bonds is 23. The molecule has 0 aliphatic heterocycles. The summed E-state index contributed by atoms with van der Waals surface area (Å²) in [6.07, 6.45) is 10.7. The number of phenolic OH excluding ortho intramolecular Hbond substituents is 1. The molecule has 0 saturated heterocycles. The Bertz CT molecular complexity index is 5270. The Morgan fingerprint density at radius 2 is 0.880 bits per heavy atom. The molecule has 0 radical (unpaired) electrons. The fraction of sp³-hybridized carbons (Fsp3) is 0.141. The molecular weight excluding hydrogens is 1370 g/mol. The number of carbonyl (C=O) groups is 7. The maximum atomic E-state index is 11.4. The monoisotopic (exact) mass is 1460 g/mol. The minimum absolute atomic E-state index is 0.102.